The lowest BCUT2D eigenvalue weighted by molar-refractivity contribution is -0.118. The highest BCUT2D eigenvalue weighted by molar-refractivity contribution is 6.27. The number of hydrogen-bond acceptors (Lipinski definition) is 2. The second kappa shape index (κ2) is 5.76. The van der Waals surface area contributed by atoms with Crippen LogP contribution >= 0.6 is 11.6 Å². The van der Waals surface area contributed by atoms with Gasteiger partial charge in [-0.15, -0.1) is 11.6 Å². The van der Waals surface area contributed by atoms with Gasteiger partial charge in [0.2, 0.25) is 0 Å². The van der Waals surface area contributed by atoms with E-state index in [2.05, 4.69) is 13.8 Å². The topological polar surface area (TPSA) is 26.3 Å². The molecule has 1 aromatic rings. The first kappa shape index (κ1) is 12.1. The molecular weight excluding hydrogens is 212 g/mol. The summed E-state index contributed by atoms with van der Waals surface area (Å²) in [6, 6.07) is 7.74. The number of ketones is 1. The minimum atomic E-state index is -0.102. The van der Waals surface area contributed by atoms with Crippen molar-refractivity contribution in [2.45, 2.75) is 19.8 Å². The summed E-state index contributed by atoms with van der Waals surface area (Å²) < 4.78 is 5.42. The zero-order valence-electron chi connectivity index (χ0n) is 9.00. The molecule has 0 spiro atoms. The van der Waals surface area contributed by atoms with Crippen LogP contribution in [-0.4, -0.2) is 18.3 Å². The summed E-state index contributed by atoms with van der Waals surface area (Å²) in [5.74, 6) is 1.05. The lowest BCUT2D eigenvalue weighted by Crippen LogP contribution is -2.13. The standard InChI is InChI=1S/C12H15ClO2/c1-9(2)11-5-3-4-6-12(11)15-8-10(14)7-13/h3-6,9H,7-8H2,1-2H3. The molecule has 0 saturated carbocycles. The van der Waals surface area contributed by atoms with E-state index in [1.54, 1.807) is 0 Å². The van der Waals surface area contributed by atoms with E-state index in [1.807, 2.05) is 24.3 Å². The van der Waals surface area contributed by atoms with Crippen molar-refractivity contribution in [1.82, 2.24) is 0 Å². The van der Waals surface area contributed by atoms with Gasteiger partial charge in [-0.3, -0.25) is 4.79 Å². The van der Waals surface area contributed by atoms with Gasteiger partial charge in [0.15, 0.2) is 5.78 Å². The highest BCUT2D eigenvalue weighted by Gasteiger charge is 2.08. The number of Topliss-reactive ketones (excluding diaryl/α,β-unsaturated/α-hetero) is 1. The molecule has 0 aliphatic heterocycles. The van der Waals surface area contributed by atoms with Gasteiger partial charge in [0, 0.05) is 0 Å². The fourth-order valence-corrected chi connectivity index (χ4v) is 1.36. The molecule has 2 nitrogen and oxygen atoms in total. The fraction of sp³-hybridized carbons (Fsp3) is 0.417. The Bertz CT molecular complexity index is 334. The molecular formula is C12H15ClO2. The van der Waals surface area contributed by atoms with E-state index in [-0.39, 0.29) is 18.3 Å². The molecule has 0 heterocycles. The van der Waals surface area contributed by atoms with Crippen molar-refractivity contribution < 1.29 is 9.53 Å². The van der Waals surface area contributed by atoms with Gasteiger partial charge in [0.25, 0.3) is 0 Å². The van der Waals surface area contributed by atoms with Crippen molar-refractivity contribution in [1.29, 1.82) is 0 Å². The van der Waals surface area contributed by atoms with Crippen molar-refractivity contribution in [3.8, 4) is 5.75 Å². The third-order valence-electron chi connectivity index (χ3n) is 2.08. The van der Waals surface area contributed by atoms with Gasteiger partial charge in [-0.1, -0.05) is 32.0 Å². The minimum Gasteiger partial charge on any atom is -0.485 e. The molecule has 3 heteroatoms. The molecule has 1 aromatic carbocycles. The van der Waals surface area contributed by atoms with Crippen LogP contribution in [-0.2, 0) is 4.79 Å². The average molecular weight is 227 g/mol. The van der Waals surface area contributed by atoms with Crippen molar-refractivity contribution in [2.75, 3.05) is 12.5 Å². The molecule has 0 aromatic heterocycles. The molecule has 1 rings (SSSR count). The Labute approximate surface area is 95.2 Å². The van der Waals surface area contributed by atoms with Crippen LogP contribution < -0.4 is 4.74 Å². The molecule has 0 saturated heterocycles. The lowest BCUT2D eigenvalue weighted by Gasteiger charge is -2.12. The molecule has 0 aliphatic carbocycles. The fourth-order valence-electron chi connectivity index (χ4n) is 1.29. The largest absolute Gasteiger partial charge is 0.485 e. The number of halogens is 1. The Morgan fingerprint density at radius 3 is 2.67 bits per heavy atom. The minimum absolute atomic E-state index is 0.00381. The van der Waals surface area contributed by atoms with E-state index in [0.29, 0.717) is 5.92 Å². The van der Waals surface area contributed by atoms with Crippen LogP contribution in [0.15, 0.2) is 24.3 Å². The van der Waals surface area contributed by atoms with Crippen LogP contribution in [0.25, 0.3) is 0 Å². The van der Waals surface area contributed by atoms with E-state index in [0.717, 1.165) is 11.3 Å². The Morgan fingerprint density at radius 1 is 1.40 bits per heavy atom. The zero-order chi connectivity index (χ0) is 11.3. The Hall–Kier alpha value is -1.02. The van der Waals surface area contributed by atoms with Crippen LogP contribution in [0.5, 0.6) is 5.75 Å². The third-order valence-corrected chi connectivity index (χ3v) is 2.38. The van der Waals surface area contributed by atoms with Crippen molar-refractivity contribution in [3.05, 3.63) is 29.8 Å². The van der Waals surface area contributed by atoms with Crippen LogP contribution in [0.2, 0.25) is 0 Å². The average Bonchev–Trinajstić information content (AvgIpc) is 2.26. The number of para-hydroxylation sites is 1. The van der Waals surface area contributed by atoms with E-state index in [9.17, 15) is 4.79 Å². The Morgan fingerprint density at radius 2 is 2.07 bits per heavy atom. The summed E-state index contributed by atoms with van der Waals surface area (Å²) in [7, 11) is 0. The highest BCUT2D eigenvalue weighted by atomic mass is 35.5. The van der Waals surface area contributed by atoms with Gasteiger partial charge in [-0.2, -0.15) is 0 Å². The summed E-state index contributed by atoms with van der Waals surface area (Å²) in [5.41, 5.74) is 1.11. The Kier molecular flexibility index (Phi) is 4.63. The van der Waals surface area contributed by atoms with E-state index in [4.69, 9.17) is 16.3 Å². The molecule has 82 valence electrons. The first-order valence-electron chi connectivity index (χ1n) is 4.94. The maximum Gasteiger partial charge on any atom is 0.184 e. The van der Waals surface area contributed by atoms with Gasteiger partial charge in [0.05, 0.1) is 5.88 Å². The number of carbonyl (C=O) groups is 1. The van der Waals surface area contributed by atoms with Crippen LogP contribution in [0, 0.1) is 0 Å². The summed E-state index contributed by atoms with van der Waals surface area (Å²) in [5, 5.41) is 0. The quantitative estimate of drug-likeness (QED) is 0.722. The number of ether oxygens (including phenoxy) is 1. The highest BCUT2D eigenvalue weighted by Crippen LogP contribution is 2.25. The maximum absolute atomic E-state index is 11.0. The number of rotatable bonds is 5. The lowest BCUT2D eigenvalue weighted by atomic mass is 10.0. The number of hydrogen-bond donors (Lipinski definition) is 0. The number of benzene rings is 1. The molecule has 0 bridgehead atoms. The third kappa shape index (κ3) is 3.56. The first-order chi connectivity index (χ1) is 7.15. The smallest absolute Gasteiger partial charge is 0.184 e. The second-order valence-electron chi connectivity index (χ2n) is 3.65. The molecule has 0 N–H and O–H groups in total. The number of alkyl halides is 1. The normalized spacial score (nSPS) is 10.4. The molecule has 0 radical (unpaired) electrons. The summed E-state index contributed by atoms with van der Waals surface area (Å²) in [6.45, 7) is 4.23. The van der Waals surface area contributed by atoms with E-state index >= 15 is 0 Å². The summed E-state index contributed by atoms with van der Waals surface area (Å²) >= 11 is 5.39. The van der Waals surface area contributed by atoms with E-state index < -0.39 is 0 Å². The monoisotopic (exact) mass is 226 g/mol. The molecule has 0 unspecified atom stereocenters. The van der Waals surface area contributed by atoms with Crippen LogP contribution in [0.4, 0.5) is 0 Å². The summed E-state index contributed by atoms with van der Waals surface area (Å²) in [6.07, 6.45) is 0. The number of carbonyl (C=O) groups excluding carboxylic acids is 1. The van der Waals surface area contributed by atoms with Crippen molar-refractivity contribution >= 4 is 17.4 Å². The predicted molar refractivity (Wildman–Crippen MR) is 61.8 cm³/mol. The van der Waals surface area contributed by atoms with Gasteiger partial charge < -0.3 is 4.74 Å². The molecule has 0 atom stereocenters. The van der Waals surface area contributed by atoms with Crippen molar-refractivity contribution in [2.24, 2.45) is 0 Å². The zero-order valence-corrected chi connectivity index (χ0v) is 9.75. The van der Waals surface area contributed by atoms with Gasteiger partial charge >= 0.3 is 0 Å². The van der Waals surface area contributed by atoms with Crippen LogP contribution in [0.3, 0.4) is 0 Å². The molecule has 0 amide bonds. The predicted octanol–water partition coefficient (Wildman–Crippen LogP) is 3.00. The van der Waals surface area contributed by atoms with E-state index in [1.165, 1.54) is 0 Å². The Balaban J connectivity index is 2.71. The van der Waals surface area contributed by atoms with Gasteiger partial charge in [-0.05, 0) is 17.5 Å². The SMILES string of the molecule is CC(C)c1ccccc1OCC(=O)CCl. The second-order valence-corrected chi connectivity index (χ2v) is 3.92. The molecule has 15 heavy (non-hydrogen) atoms. The molecule has 0 aliphatic rings. The first-order valence-corrected chi connectivity index (χ1v) is 5.48. The summed E-state index contributed by atoms with van der Waals surface area (Å²) in [4.78, 5) is 11.0. The van der Waals surface area contributed by atoms with Crippen LogP contribution in [0.1, 0.15) is 25.3 Å². The molecule has 0 fully saturated rings. The van der Waals surface area contributed by atoms with Gasteiger partial charge in [-0.25, -0.2) is 0 Å². The van der Waals surface area contributed by atoms with Crippen molar-refractivity contribution in [3.63, 3.8) is 0 Å². The maximum atomic E-state index is 11.0. The van der Waals surface area contributed by atoms with Gasteiger partial charge in [0.1, 0.15) is 12.4 Å².